The molecule has 0 heterocycles. The van der Waals surface area contributed by atoms with Crippen molar-refractivity contribution in [2.24, 2.45) is 0 Å². The molecule has 0 bridgehead atoms. The molecule has 1 unspecified atom stereocenters. The number of ether oxygens (including phenoxy) is 1. The van der Waals surface area contributed by atoms with E-state index in [2.05, 4.69) is 5.32 Å². The SMILES string of the molecule is CNC(=O)CCCOc1ccc([N+](=O)[O-])cc1C(C)O. The van der Waals surface area contributed by atoms with E-state index in [-0.39, 0.29) is 11.6 Å². The third kappa shape index (κ3) is 4.51. The number of carbonyl (C=O) groups is 1. The Morgan fingerprint density at radius 1 is 1.55 bits per heavy atom. The van der Waals surface area contributed by atoms with E-state index in [1.165, 1.54) is 25.1 Å². The van der Waals surface area contributed by atoms with Crippen molar-refractivity contribution < 1.29 is 19.6 Å². The number of aliphatic hydroxyl groups excluding tert-OH is 1. The minimum absolute atomic E-state index is 0.0759. The molecule has 1 amide bonds. The Kier molecular flexibility index (Phi) is 5.92. The lowest BCUT2D eigenvalue weighted by Gasteiger charge is -2.13. The van der Waals surface area contributed by atoms with Crippen LogP contribution >= 0.6 is 0 Å². The number of non-ortho nitro benzene ring substituents is 1. The van der Waals surface area contributed by atoms with Crippen LogP contribution in [0.4, 0.5) is 5.69 Å². The molecule has 0 saturated heterocycles. The van der Waals surface area contributed by atoms with Gasteiger partial charge < -0.3 is 15.2 Å². The van der Waals surface area contributed by atoms with Crippen molar-refractivity contribution in [3.63, 3.8) is 0 Å². The normalized spacial score (nSPS) is 11.8. The van der Waals surface area contributed by atoms with Gasteiger partial charge in [0.05, 0.1) is 17.6 Å². The van der Waals surface area contributed by atoms with E-state index in [4.69, 9.17) is 4.74 Å². The lowest BCUT2D eigenvalue weighted by atomic mass is 10.1. The van der Waals surface area contributed by atoms with E-state index in [0.29, 0.717) is 30.8 Å². The number of rotatable bonds is 7. The van der Waals surface area contributed by atoms with E-state index < -0.39 is 11.0 Å². The lowest BCUT2D eigenvalue weighted by molar-refractivity contribution is -0.385. The minimum atomic E-state index is -0.871. The molecule has 0 aliphatic carbocycles. The molecule has 2 N–H and O–H groups in total. The summed E-state index contributed by atoms with van der Waals surface area (Å²) in [7, 11) is 1.56. The third-order valence-corrected chi connectivity index (χ3v) is 2.74. The van der Waals surface area contributed by atoms with Gasteiger partial charge in [-0.25, -0.2) is 0 Å². The van der Waals surface area contributed by atoms with Crippen molar-refractivity contribution in [1.29, 1.82) is 0 Å². The first-order valence-corrected chi connectivity index (χ1v) is 6.25. The van der Waals surface area contributed by atoms with Crippen LogP contribution in [0.25, 0.3) is 0 Å². The van der Waals surface area contributed by atoms with Gasteiger partial charge in [-0.1, -0.05) is 0 Å². The Bertz CT molecular complexity index is 488. The van der Waals surface area contributed by atoms with Gasteiger partial charge in [0.25, 0.3) is 5.69 Å². The molecule has 0 saturated carbocycles. The molecule has 0 radical (unpaired) electrons. The molecular formula is C13H18N2O5. The molecule has 0 aliphatic rings. The second-order valence-corrected chi connectivity index (χ2v) is 4.28. The first kappa shape index (κ1) is 15.9. The fourth-order valence-electron chi connectivity index (χ4n) is 1.65. The molecule has 0 aliphatic heterocycles. The van der Waals surface area contributed by atoms with Gasteiger partial charge in [-0.15, -0.1) is 0 Å². The molecule has 1 atom stereocenters. The second-order valence-electron chi connectivity index (χ2n) is 4.28. The monoisotopic (exact) mass is 282 g/mol. The van der Waals surface area contributed by atoms with Gasteiger partial charge in [0.15, 0.2) is 0 Å². The van der Waals surface area contributed by atoms with Gasteiger partial charge in [-0.3, -0.25) is 14.9 Å². The lowest BCUT2D eigenvalue weighted by Crippen LogP contribution is -2.18. The molecule has 7 nitrogen and oxygen atoms in total. The van der Waals surface area contributed by atoms with Crippen LogP contribution in [-0.2, 0) is 4.79 Å². The first-order valence-electron chi connectivity index (χ1n) is 6.25. The fourth-order valence-corrected chi connectivity index (χ4v) is 1.65. The summed E-state index contributed by atoms with van der Waals surface area (Å²) in [6.45, 7) is 1.81. The average Bonchev–Trinajstić information content (AvgIpc) is 2.42. The Labute approximate surface area is 116 Å². The predicted molar refractivity (Wildman–Crippen MR) is 72.5 cm³/mol. The second kappa shape index (κ2) is 7.44. The quantitative estimate of drug-likeness (QED) is 0.449. The highest BCUT2D eigenvalue weighted by Gasteiger charge is 2.15. The molecule has 0 spiro atoms. The standard InChI is InChI=1S/C13H18N2O5/c1-9(16)11-8-10(15(18)19)5-6-12(11)20-7-3-4-13(17)14-2/h5-6,8-9,16H,3-4,7H2,1-2H3,(H,14,17). The summed E-state index contributed by atoms with van der Waals surface area (Å²) in [6, 6.07) is 4.07. The van der Waals surface area contributed by atoms with Crippen LogP contribution in [0.1, 0.15) is 31.4 Å². The molecule has 20 heavy (non-hydrogen) atoms. The topological polar surface area (TPSA) is 102 Å². The van der Waals surface area contributed by atoms with Crippen LogP contribution in [0.2, 0.25) is 0 Å². The molecule has 1 aromatic rings. The molecule has 110 valence electrons. The van der Waals surface area contributed by atoms with Crippen LogP contribution < -0.4 is 10.1 Å². The van der Waals surface area contributed by atoms with Crippen molar-refractivity contribution in [2.45, 2.75) is 25.9 Å². The molecule has 0 fully saturated rings. The summed E-state index contributed by atoms with van der Waals surface area (Å²) < 4.78 is 5.47. The molecule has 1 rings (SSSR count). The Balaban J connectivity index is 2.69. The Morgan fingerprint density at radius 3 is 2.80 bits per heavy atom. The van der Waals surface area contributed by atoms with Gasteiger partial charge >= 0.3 is 0 Å². The highest BCUT2D eigenvalue weighted by Crippen LogP contribution is 2.29. The van der Waals surface area contributed by atoms with Crippen molar-refractivity contribution in [3.8, 4) is 5.75 Å². The largest absolute Gasteiger partial charge is 0.493 e. The van der Waals surface area contributed by atoms with E-state index in [1.54, 1.807) is 7.05 Å². The maximum Gasteiger partial charge on any atom is 0.270 e. The van der Waals surface area contributed by atoms with Crippen LogP contribution in [0.15, 0.2) is 18.2 Å². The summed E-state index contributed by atoms with van der Waals surface area (Å²) in [6.07, 6.45) is -0.00696. The fraction of sp³-hybridized carbons (Fsp3) is 0.462. The van der Waals surface area contributed by atoms with E-state index in [1.807, 2.05) is 0 Å². The number of nitro groups is 1. The van der Waals surface area contributed by atoms with Crippen molar-refractivity contribution in [2.75, 3.05) is 13.7 Å². The summed E-state index contributed by atoms with van der Waals surface area (Å²) in [5.41, 5.74) is 0.262. The number of hydrogen-bond donors (Lipinski definition) is 2. The Hall–Kier alpha value is -2.15. The summed E-state index contributed by atoms with van der Waals surface area (Å²) in [4.78, 5) is 21.2. The van der Waals surface area contributed by atoms with Crippen molar-refractivity contribution in [1.82, 2.24) is 5.32 Å². The number of amides is 1. The highest BCUT2D eigenvalue weighted by molar-refractivity contribution is 5.75. The number of carbonyl (C=O) groups excluding carboxylic acids is 1. The minimum Gasteiger partial charge on any atom is -0.493 e. The number of aliphatic hydroxyl groups is 1. The van der Waals surface area contributed by atoms with Crippen molar-refractivity contribution in [3.05, 3.63) is 33.9 Å². The highest BCUT2D eigenvalue weighted by atomic mass is 16.6. The molecule has 7 heteroatoms. The van der Waals surface area contributed by atoms with Gasteiger partial charge in [-0.05, 0) is 19.4 Å². The molecular weight excluding hydrogens is 264 g/mol. The number of nitro benzene ring substituents is 1. The number of nitrogens with zero attached hydrogens (tertiary/aromatic N) is 1. The first-order chi connectivity index (χ1) is 9.45. The van der Waals surface area contributed by atoms with Gasteiger partial charge in [0.2, 0.25) is 5.91 Å². The predicted octanol–water partition coefficient (Wildman–Crippen LogP) is 1.55. The van der Waals surface area contributed by atoms with Gasteiger partial charge in [-0.2, -0.15) is 0 Å². The summed E-state index contributed by atoms with van der Waals surface area (Å²) >= 11 is 0. The maximum absolute atomic E-state index is 11.0. The number of benzene rings is 1. The van der Waals surface area contributed by atoms with E-state index >= 15 is 0 Å². The van der Waals surface area contributed by atoms with Crippen LogP contribution in [0, 0.1) is 10.1 Å². The Morgan fingerprint density at radius 2 is 2.25 bits per heavy atom. The summed E-state index contributed by atoms with van der Waals surface area (Å²) in [5, 5.41) is 22.8. The maximum atomic E-state index is 11.0. The molecule has 1 aromatic carbocycles. The average molecular weight is 282 g/mol. The van der Waals surface area contributed by atoms with Gasteiger partial charge in [0, 0.05) is 31.2 Å². The molecule has 0 aromatic heterocycles. The zero-order chi connectivity index (χ0) is 15.1. The zero-order valence-corrected chi connectivity index (χ0v) is 11.5. The van der Waals surface area contributed by atoms with Gasteiger partial charge in [0.1, 0.15) is 5.75 Å². The number of hydrogen-bond acceptors (Lipinski definition) is 5. The van der Waals surface area contributed by atoms with Crippen molar-refractivity contribution >= 4 is 11.6 Å². The summed E-state index contributed by atoms with van der Waals surface area (Å²) in [5.74, 6) is 0.315. The number of nitrogens with one attached hydrogen (secondary N) is 1. The third-order valence-electron chi connectivity index (χ3n) is 2.74. The van der Waals surface area contributed by atoms with Crippen LogP contribution in [-0.4, -0.2) is 29.6 Å². The van der Waals surface area contributed by atoms with E-state index in [0.717, 1.165) is 0 Å². The smallest absolute Gasteiger partial charge is 0.270 e. The van der Waals surface area contributed by atoms with Crippen LogP contribution in [0.5, 0.6) is 5.75 Å². The van der Waals surface area contributed by atoms with E-state index in [9.17, 15) is 20.0 Å². The zero-order valence-electron chi connectivity index (χ0n) is 11.5. The van der Waals surface area contributed by atoms with Crippen LogP contribution in [0.3, 0.4) is 0 Å².